The van der Waals surface area contributed by atoms with Crippen LogP contribution in [0.15, 0.2) is 0 Å². The lowest BCUT2D eigenvalue weighted by molar-refractivity contribution is -0.135. The molecule has 1 heterocycles. The third-order valence-electron chi connectivity index (χ3n) is 2.88. The number of nitrogens with one attached hydrogen (secondary N) is 2. The summed E-state index contributed by atoms with van der Waals surface area (Å²) in [5.41, 5.74) is 0. The Labute approximate surface area is 103 Å². The lowest BCUT2D eigenvalue weighted by Gasteiger charge is -2.19. The van der Waals surface area contributed by atoms with Crippen molar-refractivity contribution in [2.45, 2.75) is 32.6 Å². The number of amides is 2. The number of likely N-dealkylation sites (N-methyl/N-ethyl adjacent to an activating group) is 1. The molecule has 0 atom stereocenters. The van der Waals surface area contributed by atoms with Gasteiger partial charge in [-0.2, -0.15) is 0 Å². The standard InChI is InChI=1S/C12H23N3O2/c1-2-13-7-8-14-11(16)10-15-9-5-3-4-6-12(15)17/h13H,2-10H2,1H3,(H,14,16). The van der Waals surface area contributed by atoms with Crippen LogP contribution < -0.4 is 10.6 Å². The number of hydrogen-bond acceptors (Lipinski definition) is 3. The molecule has 2 N–H and O–H groups in total. The Bertz CT molecular complexity index is 256. The second kappa shape index (κ2) is 8.06. The van der Waals surface area contributed by atoms with Gasteiger partial charge >= 0.3 is 0 Å². The van der Waals surface area contributed by atoms with Crippen LogP contribution in [0.1, 0.15) is 32.6 Å². The first kappa shape index (κ1) is 14.0. The first-order chi connectivity index (χ1) is 8.24. The molecule has 0 aliphatic carbocycles. The lowest BCUT2D eigenvalue weighted by atomic mass is 10.2. The molecule has 0 spiro atoms. The van der Waals surface area contributed by atoms with E-state index >= 15 is 0 Å². The summed E-state index contributed by atoms with van der Waals surface area (Å²) < 4.78 is 0. The van der Waals surface area contributed by atoms with Gasteiger partial charge in [-0.1, -0.05) is 13.3 Å². The van der Waals surface area contributed by atoms with Gasteiger partial charge in [0.25, 0.3) is 0 Å². The highest BCUT2D eigenvalue weighted by molar-refractivity contribution is 5.84. The third kappa shape index (κ3) is 5.68. The summed E-state index contributed by atoms with van der Waals surface area (Å²) in [6.07, 6.45) is 3.64. The van der Waals surface area contributed by atoms with E-state index in [1.807, 2.05) is 6.92 Å². The Hall–Kier alpha value is -1.10. The first-order valence-corrected chi connectivity index (χ1v) is 6.49. The van der Waals surface area contributed by atoms with Gasteiger partial charge in [0, 0.05) is 26.1 Å². The Balaban J connectivity index is 2.21. The van der Waals surface area contributed by atoms with Gasteiger partial charge in [-0.05, 0) is 19.4 Å². The fourth-order valence-electron chi connectivity index (χ4n) is 1.90. The zero-order chi connectivity index (χ0) is 12.5. The summed E-state index contributed by atoms with van der Waals surface area (Å²) in [6.45, 7) is 5.26. The van der Waals surface area contributed by atoms with E-state index < -0.39 is 0 Å². The number of nitrogens with zero attached hydrogens (tertiary/aromatic N) is 1. The molecule has 1 rings (SSSR count). The van der Waals surface area contributed by atoms with E-state index in [4.69, 9.17) is 0 Å². The van der Waals surface area contributed by atoms with E-state index in [1.54, 1.807) is 4.90 Å². The number of carbonyl (C=O) groups excluding carboxylic acids is 2. The maximum absolute atomic E-state index is 11.7. The highest BCUT2D eigenvalue weighted by atomic mass is 16.2. The Morgan fingerprint density at radius 1 is 1.29 bits per heavy atom. The minimum atomic E-state index is -0.0573. The maximum atomic E-state index is 11.7. The molecule has 98 valence electrons. The fraction of sp³-hybridized carbons (Fsp3) is 0.833. The summed E-state index contributed by atoms with van der Waals surface area (Å²) >= 11 is 0. The Morgan fingerprint density at radius 2 is 2.12 bits per heavy atom. The van der Waals surface area contributed by atoms with Crippen LogP contribution in [0, 0.1) is 0 Å². The van der Waals surface area contributed by atoms with Crippen molar-refractivity contribution in [3.8, 4) is 0 Å². The predicted molar refractivity (Wildman–Crippen MR) is 66.6 cm³/mol. The Morgan fingerprint density at radius 3 is 2.88 bits per heavy atom. The number of likely N-dealkylation sites (tertiary alicyclic amines) is 1. The predicted octanol–water partition coefficient (Wildman–Crippen LogP) is 0.115. The molecule has 0 unspecified atom stereocenters. The van der Waals surface area contributed by atoms with Crippen molar-refractivity contribution >= 4 is 11.8 Å². The van der Waals surface area contributed by atoms with E-state index in [0.29, 0.717) is 13.0 Å². The van der Waals surface area contributed by atoms with Crippen molar-refractivity contribution in [2.24, 2.45) is 0 Å². The monoisotopic (exact) mass is 241 g/mol. The van der Waals surface area contributed by atoms with E-state index in [0.717, 1.165) is 38.9 Å². The molecule has 0 aromatic heterocycles. The van der Waals surface area contributed by atoms with Crippen LogP contribution in [0.2, 0.25) is 0 Å². The SMILES string of the molecule is CCNCCNC(=O)CN1CCCCCC1=O. The zero-order valence-corrected chi connectivity index (χ0v) is 10.6. The molecule has 1 saturated heterocycles. The molecule has 0 saturated carbocycles. The normalized spacial score (nSPS) is 16.8. The molecule has 2 amide bonds. The average molecular weight is 241 g/mol. The minimum Gasteiger partial charge on any atom is -0.353 e. The van der Waals surface area contributed by atoms with E-state index in [9.17, 15) is 9.59 Å². The third-order valence-corrected chi connectivity index (χ3v) is 2.88. The smallest absolute Gasteiger partial charge is 0.239 e. The quantitative estimate of drug-likeness (QED) is 0.649. The molecule has 5 heteroatoms. The van der Waals surface area contributed by atoms with Gasteiger partial charge in [0.05, 0.1) is 6.54 Å². The Kier molecular flexibility index (Phi) is 6.62. The fourth-order valence-corrected chi connectivity index (χ4v) is 1.90. The van der Waals surface area contributed by atoms with Gasteiger partial charge < -0.3 is 15.5 Å². The molecular weight excluding hydrogens is 218 g/mol. The molecule has 1 aliphatic heterocycles. The first-order valence-electron chi connectivity index (χ1n) is 6.49. The molecule has 1 aliphatic rings. The van der Waals surface area contributed by atoms with Crippen LogP contribution in [0.4, 0.5) is 0 Å². The minimum absolute atomic E-state index is 0.0573. The molecular formula is C12H23N3O2. The molecule has 0 radical (unpaired) electrons. The van der Waals surface area contributed by atoms with Gasteiger partial charge in [0.1, 0.15) is 0 Å². The summed E-state index contributed by atoms with van der Waals surface area (Å²) in [6, 6.07) is 0. The summed E-state index contributed by atoms with van der Waals surface area (Å²) in [5, 5.41) is 5.94. The molecule has 0 aromatic rings. The maximum Gasteiger partial charge on any atom is 0.239 e. The van der Waals surface area contributed by atoms with Gasteiger partial charge in [-0.15, -0.1) is 0 Å². The van der Waals surface area contributed by atoms with Crippen molar-refractivity contribution in [1.82, 2.24) is 15.5 Å². The highest BCUT2D eigenvalue weighted by Crippen LogP contribution is 2.10. The van der Waals surface area contributed by atoms with Crippen molar-refractivity contribution in [1.29, 1.82) is 0 Å². The number of hydrogen-bond donors (Lipinski definition) is 2. The van der Waals surface area contributed by atoms with Crippen LogP contribution in [0.25, 0.3) is 0 Å². The molecule has 5 nitrogen and oxygen atoms in total. The van der Waals surface area contributed by atoms with E-state index in [1.165, 1.54) is 0 Å². The molecule has 0 aromatic carbocycles. The summed E-state index contributed by atoms with van der Waals surface area (Å²) in [4.78, 5) is 24.9. The average Bonchev–Trinajstić information content (AvgIpc) is 2.51. The van der Waals surface area contributed by atoms with Crippen molar-refractivity contribution in [3.05, 3.63) is 0 Å². The highest BCUT2D eigenvalue weighted by Gasteiger charge is 2.18. The van der Waals surface area contributed by atoms with Crippen LogP contribution >= 0.6 is 0 Å². The van der Waals surface area contributed by atoms with Gasteiger partial charge in [-0.25, -0.2) is 0 Å². The van der Waals surface area contributed by atoms with Crippen molar-refractivity contribution < 1.29 is 9.59 Å². The molecule has 1 fully saturated rings. The van der Waals surface area contributed by atoms with Crippen LogP contribution in [-0.2, 0) is 9.59 Å². The summed E-state index contributed by atoms with van der Waals surface area (Å²) in [5.74, 6) is 0.0579. The topological polar surface area (TPSA) is 61.4 Å². The van der Waals surface area contributed by atoms with Crippen LogP contribution in [-0.4, -0.2) is 49.4 Å². The summed E-state index contributed by atoms with van der Waals surface area (Å²) in [7, 11) is 0. The van der Waals surface area contributed by atoms with E-state index in [2.05, 4.69) is 10.6 Å². The van der Waals surface area contributed by atoms with Gasteiger partial charge in [0.2, 0.25) is 11.8 Å². The van der Waals surface area contributed by atoms with E-state index in [-0.39, 0.29) is 18.4 Å². The van der Waals surface area contributed by atoms with Crippen LogP contribution in [0.5, 0.6) is 0 Å². The van der Waals surface area contributed by atoms with Gasteiger partial charge in [-0.3, -0.25) is 9.59 Å². The second-order valence-electron chi connectivity index (χ2n) is 4.33. The number of rotatable bonds is 6. The number of carbonyl (C=O) groups is 2. The second-order valence-corrected chi connectivity index (χ2v) is 4.33. The van der Waals surface area contributed by atoms with Crippen molar-refractivity contribution in [2.75, 3.05) is 32.7 Å². The largest absolute Gasteiger partial charge is 0.353 e. The zero-order valence-electron chi connectivity index (χ0n) is 10.6. The lowest BCUT2D eigenvalue weighted by Crippen LogP contribution is -2.42. The molecule has 17 heavy (non-hydrogen) atoms. The van der Waals surface area contributed by atoms with Crippen LogP contribution in [0.3, 0.4) is 0 Å². The van der Waals surface area contributed by atoms with Gasteiger partial charge in [0.15, 0.2) is 0 Å². The molecule has 0 bridgehead atoms. The van der Waals surface area contributed by atoms with Crippen molar-refractivity contribution in [3.63, 3.8) is 0 Å².